The van der Waals surface area contributed by atoms with Gasteiger partial charge in [-0.25, -0.2) is 9.97 Å². The highest BCUT2D eigenvalue weighted by molar-refractivity contribution is 5.34. The molecule has 1 aromatic rings. The average Bonchev–Trinajstić information content (AvgIpc) is 2.48. The maximum absolute atomic E-state index is 10.1. The zero-order valence-corrected chi connectivity index (χ0v) is 12.7. The van der Waals surface area contributed by atoms with Gasteiger partial charge in [-0.2, -0.15) is 0 Å². The summed E-state index contributed by atoms with van der Waals surface area (Å²) in [5.74, 6) is 1.29. The number of nitrogens with one attached hydrogen (secondary N) is 1. The van der Waals surface area contributed by atoms with Gasteiger partial charge in [-0.15, -0.1) is 0 Å². The molecule has 1 heterocycles. The number of nitrogens with zero attached hydrogens (tertiary/aromatic N) is 2. The Hall–Kier alpha value is -1.40. The SMILES string of the molecule is CCC(CC)C(O)CNCc1c(OC)ncnc1OC. The largest absolute Gasteiger partial charge is 0.481 e. The first-order chi connectivity index (χ1) is 9.67. The van der Waals surface area contributed by atoms with Crippen LogP contribution in [-0.2, 0) is 6.54 Å². The van der Waals surface area contributed by atoms with Crippen molar-refractivity contribution in [2.24, 2.45) is 5.92 Å². The second-order valence-corrected chi connectivity index (χ2v) is 4.65. The van der Waals surface area contributed by atoms with E-state index in [1.165, 1.54) is 6.33 Å². The lowest BCUT2D eigenvalue weighted by molar-refractivity contribution is 0.101. The Kier molecular flexibility index (Phi) is 7.25. The fourth-order valence-electron chi connectivity index (χ4n) is 2.23. The van der Waals surface area contributed by atoms with Crippen LogP contribution in [0.2, 0.25) is 0 Å². The van der Waals surface area contributed by atoms with Gasteiger partial charge in [0.1, 0.15) is 6.33 Å². The lowest BCUT2D eigenvalue weighted by Gasteiger charge is -2.20. The van der Waals surface area contributed by atoms with Gasteiger partial charge in [-0.3, -0.25) is 0 Å². The number of ether oxygens (including phenoxy) is 2. The summed E-state index contributed by atoms with van der Waals surface area (Å²) in [6, 6.07) is 0. The van der Waals surface area contributed by atoms with E-state index in [-0.39, 0.29) is 6.10 Å². The molecule has 0 radical (unpaired) electrons. The summed E-state index contributed by atoms with van der Waals surface area (Å²) in [5, 5.41) is 13.3. The first-order valence-electron chi connectivity index (χ1n) is 6.98. The van der Waals surface area contributed by atoms with Crippen LogP contribution >= 0.6 is 0 Å². The van der Waals surface area contributed by atoms with Crippen molar-refractivity contribution in [3.8, 4) is 11.8 Å². The Morgan fingerprint density at radius 1 is 1.15 bits per heavy atom. The second kappa shape index (κ2) is 8.71. The van der Waals surface area contributed by atoms with Crippen LogP contribution in [0.25, 0.3) is 0 Å². The molecule has 6 heteroatoms. The van der Waals surface area contributed by atoms with Crippen molar-refractivity contribution < 1.29 is 14.6 Å². The summed E-state index contributed by atoms with van der Waals surface area (Å²) in [6.07, 6.45) is 2.99. The van der Waals surface area contributed by atoms with Gasteiger partial charge in [-0.05, 0) is 5.92 Å². The normalized spacial score (nSPS) is 12.5. The standard InChI is InChI=1S/C14H25N3O3/c1-5-10(6-2)12(18)8-15-7-11-13(19-3)16-9-17-14(11)20-4/h9-10,12,15,18H,5-8H2,1-4H3. The average molecular weight is 283 g/mol. The third-order valence-electron chi connectivity index (χ3n) is 3.50. The Morgan fingerprint density at radius 3 is 2.15 bits per heavy atom. The predicted molar refractivity (Wildman–Crippen MR) is 76.9 cm³/mol. The molecule has 0 saturated carbocycles. The van der Waals surface area contributed by atoms with Gasteiger partial charge in [0.25, 0.3) is 0 Å². The van der Waals surface area contributed by atoms with Crippen molar-refractivity contribution in [1.82, 2.24) is 15.3 Å². The van der Waals surface area contributed by atoms with Crippen LogP contribution < -0.4 is 14.8 Å². The van der Waals surface area contributed by atoms with Crippen LogP contribution in [0.1, 0.15) is 32.3 Å². The van der Waals surface area contributed by atoms with Gasteiger partial charge in [0.2, 0.25) is 11.8 Å². The van der Waals surface area contributed by atoms with Crippen molar-refractivity contribution in [3.05, 3.63) is 11.9 Å². The van der Waals surface area contributed by atoms with Crippen LogP contribution in [0.3, 0.4) is 0 Å². The summed E-state index contributed by atoms with van der Waals surface area (Å²) in [6.45, 7) is 5.20. The predicted octanol–water partition coefficient (Wildman–Crippen LogP) is 1.38. The summed E-state index contributed by atoms with van der Waals surface area (Å²) in [4.78, 5) is 8.11. The summed E-state index contributed by atoms with van der Waals surface area (Å²) < 4.78 is 10.4. The van der Waals surface area contributed by atoms with E-state index in [0.29, 0.717) is 30.8 Å². The fourth-order valence-corrected chi connectivity index (χ4v) is 2.23. The highest BCUT2D eigenvalue weighted by Gasteiger charge is 2.17. The molecule has 1 unspecified atom stereocenters. The molecule has 0 fully saturated rings. The molecule has 0 aliphatic rings. The minimum Gasteiger partial charge on any atom is -0.481 e. The molecule has 114 valence electrons. The van der Waals surface area contributed by atoms with Gasteiger partial charge in [0.15, 0.2) is 0 Å². The van der Waals surface area contributed by atoms with Gasteiger partial charge in [0, 0.05) is 13.1 Å². The molecule has 0 amide bonds. The molecule has 0 saturated heterocycles. The monoisotopic (exact) mass is 283 g/mol. The van der Waals surface area contributed by atoms with E-state index in [1.54, 1.807) is 14.2 Å². The number of aliphatic hydroxyl groups is 1. The zero-order valence-electron chi connectivity index (χ0n) is 12.7. The minimum absolute atomic E-state index is 0.318. The van der Waals surface area contributed by atoms with Crippen LogP contribution in [0.5, 0.6) is 11.8 Å². The highest BCUT2D eigenvalue weighted by Crippen LogP contribution is 2.23. The van der Waals surface area contributed by atoms with Crippen LogP contribution in [-0.4, -0.2) is 41.9 Å². The first kappa shape index (κ1) is 16.7. The topological polar surface area (TPSA) is 76.5 Å². The zero-order chi connectivity index (χ0) is 15.0. The number of methoxy groups -OCH3 is 2. The fraction of sp³-hybridized carbons (Fsp3) is 0.714. The van der Waals surface area contributed by atoms with E-state index in [4.69, 9.17) is 9.47 Å². The van der Waals surface area contributed by atoms with Gasteiger partial charge in [-0.1, -0.05) is 26.7 Å². The van der Waals surface area contributed by atoms with Gasteiger partial charge < -0.3 is 19.9 Å². The molecular weight excluding hydrogens is 258 g/mol. The Balaban J connectivity index is 2.61. The molecule has 0 spiro atoms. The van der Waals surface area contributed by atoms with Gasteiger partial charge >= 0.3 is 0 Å². The number of hydrogen-bond acceptors (Lipinski definition) is 6. The van der Waals surface area contributed by atoms with Crippen molar-refractivity contribution in [3.63, 3.8) is 0 Å². The Morgan fingerprint density at radius 2 is 1.70 bits per heavy atom. The third kappa shape index (κ3) is 4.31. The van der Waals surface area contributed by atoms with Crippen LogP contribution in [0, 0.1) is 5.92 Å². The highest BCUT2D eigenvalue weighted by atomic mass is 16.5. The number of hydrogen-bond donors (Lipinski definition) is 2. The van der Waals surface area contributed by atoms with E-state index in [9.17, 15) is 5.11 Å². The molecule has 1 rings (SSSR count). The molecule has 0 bridgehead atoms. The Labute approximate surface area is 120 Å². The number of aliphatic hydroxyl groups excluding tert-OH is 1. The molecule has 6 nitrogen and oxygen atoms in total. The molecule has 1 aromatic heterocycles. The quantitative estimate of drug-likeness (QED) is 0.713. The van der Waals surface area contributed by atoms with Crippen molar-refractivity contribution in [1.29, 1.82) is 0 Å². The molecule has 2 N–H and O–H groups in total. The van der Waals surface area contributed by atoms with Crippen molar-refractivity contribution in [2.45, 2.75) is 39.3 Å². The first-order valence-corrected chi connectivity index (χ1v) is 6.98. The van der Waals surface area contributed by atoms with E-state index in [0.717, 1.165) is 18.4 Å². The molecular formula is C14H25N3O3. The summed E-state index contributed by atoms with van der Waals surface area (Å²) in [7, 11) is 3.12. The molecule has 0 aliphatic heterocycles. The minimum atomic E-state index is -0.355. The molecule has 0 aliphatic carbocycles. The van der Waals surface area contributed by atoms with Crippen LogP contribution in [0.15, 0.2) is 6.33 Å². The van der Waals surface area contributed by atoms with E-state index < -0.39 is 0 Å². The van der Waals surface area contributed by atoms with E-state index >= 15 is 0 Å². The molecule has 0 aromatic carbocycles. The van der Waals surface area contributed by atoms with Crippen LogP contribution in [0.4, 0.5) is 0 Å². The van der Waals surface area contributed by atoms with E-state index in [2.05, 4.69) is 29.1 Å². The maximum atomic E-state index is 10.1. The van der Waals surface area contributed by atoms with E-state index in [1.807, 2.05) is 0 Å². The van der Waals surface area contributed by atoms with Crippen molar-refractivity contribution in [2.75, 3.05) is 20.8 Å². The summed E-state index contributed by atoms with van der Waals surface area (Å²) in [5.41, 5.74) is 0.759. The maximum Gasteiger partial charge on any atom is 0.224 e. The lowest BCUT2D eigenvalue weighted by atomic mass is 9.96. The van der Waals surface area contributed by atoms with Crippen molar-refractivity contribution >= 4 is 0 Å². The lowest BCUT2D eigenvalue weighted by Crippen LogP contribution is -2.32. The molecule has 20 heavy (non-hydrogen) atoms. The number of aromatic nitrogens is 2. The summed E-state index contributed by atoms with van der Waals surface area (Å²) >= 11 is 0. The number of rotatable bonds is 9. The van der Waals surface area contributed by atoms with Gasteiger partial charge in [0.05, 0.1) is 25.9 Å². The molecule has 1 atom stereocenters. The second-order valence-electron chi connectivity index (χ2n) is 4.65. The Bertz CT molecular complexity index is 375. The smallest absolute Gasteiger partial charge is 0.224 e. The third-order valence-corrected chi connectivity index (χ3v) is 3.50.